The summed E-state index contributed by atoms with van der Waals surface area (Å²) in [6, 6.07) is 4.83. The average Bonchev–Trinajstić information content (AvgIpc) is 2.24. The smallest absolute Gasteiger partial charge is 0.0100 e. The summed E-state index contributed by atoms with van der Waals surface area (Å²) in [5.74, 6) is 0. The van der Waals surface area contributed by atoms with Crippen molar-refractivity contribution in [2.75, 3.05) is 0 Å². The lowest BCUT2D eigenvalue weighted by molar-refractivity contribution is 0.331. The van der Waals surface area contributed by atoms with Crippen LogP contribution in [0, 0.1) is 13.8 Å². The van der Waals surface area contributed by atoms with Crippen LogP contribution in [-0.2, 0) is 17.3 Å². The quantitative estimate of drug-likeness (QED) is 0.653. The molecule has 2 rings (SSSR count). The van der Waals surface area contributed by atoms with E-state index in [0.717, 1.165) is 6.42 Å². The minimum atomic E-state index is 0.322. The van der Waals surface area contributed by atoms with Crippen molar-refractivity contribution in [3.8, 4) is 0 Å². The number of hydrogen-bond donors (Lipinski definition) is 0. The lowest BCUT2D eigenvalue weighted by Gasteiger charge is -2.42. The van der Waals surface area contributed by atoms with Crippen molar-refractivity contribution < 1.29 is 0 Å². The first-order valence-corrected chi connectivity index (χ1v) is 6.72. The molecule has 0 nitrogen and oxygen atoms in total. The second kappa shape index (κ2) is 3.86. The maximum atomic E-state index is 4.05. The van der Waals surface area contributed by atoms with E-state index in [2.05, 4.69) is 53.7 Å². The van der Waals surface area contributed by atoms with Crippen molar-refractivity contribution in [1.82, 2.24) is 0 Å². The van der Waals surface area contributed by atoms with Crippen molar-refractivity contribution in [1.29, 1.82) is 0 Å². The summed E-state index contributed by atoms with van der Waals surface area (Å²) in [4.78, 5) is 0. The predicted octanol–water partition coefficient (Wildman–Crippen LogP) is 4.72. The Morgan fingerprint density at radius 1 is 1.00 bits per heavy atom. The Bertz CT molecular complexity index is 436. The van der Waals surface area contributed by atoms with E-state index in [0.29, 0.717) is 10.8 Å². The number of benzene rings is 1. The van der Waals surface area contributed by atoms with Crippen LogP contribution >= 0.6 is 0 Å². The summed E-state index contributed by atoms with van der Waals surface area (Å²) in [5, 5.41) is 0. The molecule has 0 spiro atoms. The van der Waals surface area contributed by atoms with E-state index in [9.17, 15) is 0 Å². The Labute approximate surface area is 106 Å². The molecule has 0 fully saturated rings. The zero-order valence-corrected chi connectivity index (χ0v) is 12.0. The van der Waals surface area contributed by atoms with Gasteiger partial charge in [-0.15, -0.1) is 0 Å². The molecule has 1 aromatic rings. The summed E-state index contributed by atoms with van der Waals surface area (Å²) >= 11 is 0. The van der Waals surface area contributed by atoms with Gasteiger partial charge in [0, 0.05) is 0 Å². The normalized spacial score (nSPS) is 21.1. The largest absolute Gasteiger partial charge is 0.0558 e. The highest BCUT2D eigenvalue weighted by atomic mass is 14.4. The van der Waals surface area contributed by atoms with Crippen LogP contribution in [-0.4, -0.2) is 0 Å². The zero-order valence-electron chi connectivity index (χ0n) is 12.0. The fourth-order valence-corrected chi connectivity index (χ4v) is 3.04. The van der Waals surface area contributed by atoms with Crippen LogP contribution in [0.15, 0.2) is 12.1 Å². The van der Waals surface area contributed by atoms with Crippen molar-refractivity contribution >= 4 is 0 Å². The zero-order chi connectivity index (χ0) is 12.8. The highest BCUT2D eigenvalue weighted by Gasteiger charge is 2.37. The fraction of sp³-hybridized carbons (Fsp3) is 0.588. The fourth-order valence-electron chi connectivity index (χ4n) is 3.04. The molecule has 0 saturated heterocycles. The molecule has 0 unspecified atom stereocenters. The standard InChI is InChI=1S/C17H25/c1-7-13-11-15-14(10-12(13)2)16(3,4)8-9-17(15,5)6/h10-11H,1,7-9H2,2-6H3. The van der Waals surface area contributed by atoms with E-state index in [-0.39, 0.29) is 0 Å². The Morgan fingerprint density at radius 3 is 1.94 bits per heavy atom. The van der Waals surface area contributed by atoms with Crippen LogP contribution in [0.5, 0.6) is 0 Å². The maximum Gasteiger partial charge on any atom is -0.0100 e. The Balaban J connectivity index is 2.68. The minimum absolute atomic E-state index is 0.322. The average molecular weight is 229 g/mol. The van der Waals surface area contributed by atoms with Gasteiger partial charge in [-0.2, -0.15) is 0 Å². The van der Waals surface area contributed by atoms with E-state index in [1.54, 1.807) is 11.1 Å². The number of rotatable bonds is 1. The summed E-state index contributed by atoms with van der Waals surface area (Å²) in [6.45, 7) is 15.8. The Hall–Kier alpha value is -0.780. The Morgan fingerprint density at radius 2 is 1.47 bits per heavy atom. The monoisotopic (exact) mass is 229 g/mol. The molecule has 0 saturated carbocycles. The molecule has 17 heavy (non-hydrogen) atoms. The second-order valence-corrected chi connectivity index (χ2v) is 6.84. The molecule has 0 heteroatoms. The molecular formula is C17H25. The SMILES string of the molecule is [CH2]Cc1cc2c(cc1C)C(C)(C)CCC2(C)C. The van der Waals surface area contributed by atoms with Gasteiger partial charge in [-0.3, -0.25) is 0 Å². The predicted molar refractivity (Wildman–Crippen MR) is 75.5 cm³/mol. The van der Waals surface area contributed by atoms with Gasteiger partial charge >= 0.3 is 0 Å². The summed E-state index contributed by atoms with van der Waals surface area (Å²) in [6.07, 6.45) is 3.47. The first-order valence-electron chi connectivity index (χ1n) is 6.72. The molecule has 1 aliphatic carbocycles. The van der Waals surface area contributed by atoms with E-state index >= 15 is 0 Å². The first-order chi connectivity index (χ1) is 7.78. The second-order valence-electron chi connectivity index (χ2n) is 6.84. The van der Waals surface area contributed by atoms with Crippen LogP contribution in [0.1, 0.15) is 62.8 Å². The van der Waals surface area contributed by atoms with Crippen LogP contribution in [0.2, 0.25) is 0 Å². The molecule has 0 bridgehead atoms. The first kappa shape index (κ1) is 12.7. The lowest BCUT2D eigenvalue weighted by atomic mass is 9.62. The van der Waals surface area contributed by atoms with Crippen molar-refractivity contribution in [3.05, 3.63) is 41.3 Å². The highest BCUT2D eigenvalue weighted by Crippen LogP contribution is 2.46. The van der Waals surface area contributed by atoms with Gasteiger partial charge in [0.2, 0.25) is 0 Å². The van der Waals surface area contributed by atoms with E-state index in [1.165, 1.54) is 24.0 Å². The summed E-state index contributed by atoms with van der Waals surface area (Å²) in [5.41, 5.74) is 6.58. The molecule has 0 aromatic heterocycles. The van der Waals surface area contributed by atoms with Gasteiger partial charge in [0.05, 0.1) is 0 Å². The van der Waals surface area contributed by atoms with E-state index < -0.39 is 0 Å². The topological polar surface area (TPSA) is 0 Å². The van der Waals surface area contributed by atoms with Crippen molar-refractivity contribution in [2.24, 2.45) is 0 Å². The third kappa shape index (κ3) is 2.03. The van der Waals surface area contributed by atoms with E-state index in [1.807, 2.05) is 0 Å². The summed E-state index contributed by atoms with van der Waals surface area (Å²) < 4.78 is 0. The molecule has 1 aromatic carbocycles. The van der Waals surface area contributed by atoms with Gasteiger partial charge in [0.15, 0.2) is 0 Å². The lowest BCUT2D eigenvalue weighted by Crippen LogP contribution is -2.34. The molecule has 0 atom stereocenters. The maximum absolute atomic E-state index is 4.05. The van der Waals surface area contributed by atoms with Crippen molar-refractivity contribution in [2.45, 2.75) is 64.7 Å². The van der Waals surface area contributed by atoms with Gasteiger partial charge in [-0.05, 0) is 66.2 Å². The van der Waals surface area contributed by atoms with E-state index in [4.69, 9.17) is 0 Å². The van der Waals surface area contributed by atoms with Gasteiger partial charge in [-0.25, -0.2) is 0 Å². The molecule has 0 aliphatic heterocycles. The van der Waals surface area contributed by atoms with Gasteiger partial charge in [0.25, 0.3) is 0 Å². The highest BCUT2D eigenvalue weighted by molar-refractivity contribution is 5.47. The molecule has 0 amide bonds. The molecule has 93 valence electrons. The molecule has 1 radical (unpaired) electrons. The minimum Gasteiger partial charge on any atom is -0.0558 e. The molecular weight excluding hydrogens is 204 g/mol. The van der Waals surface area contributed by atoms with Crippen LogP contribution in [0.3, 0.4) is 0 Å². The third-order valence-corrected chi connectivity index (χ3v) is 4.58. The molecule has 0 N–H and O–H groups in total. The van der Waals surface area contributed by atoms with Crippen molar-refractivity contribution in [3.63, 3.8) is 0 Å². The van der Waals surface area contributed by atoms with Crippen LogP contribution < -0.4 is 0 Å². The summed E-state index contributed by atoms with van der Waals surface area (Å²) in [7, 11) is 0. The van der Waals surface area contributed by atoms with Gasteiger partial charge < -0.3 is 0 Å². The number of hydrogen-bond acceptors (Lipinski definition) is 0. The molecule has 0 heterocycles. The number of fused-ring (bicyclic) bond motifs is 1. The van der Waals surface area contributed by atoms with Crippen LogP contribution in [0.4, 0.5) is 0 Å². The molecule has 1 aliphatic rings. The number of aryl methyl sites for hydroxylation is 1. The van der Waals surface area contributed by atoms with Gasteiger partial charge in [-0.1, -0.05) is 39.8 Å². The third-order valence-electron chi connectivity index (χ3n) is 4.58. The van der Waals surface area contributed by atoms with Crippen LogP contribution in [0.25, 0.3) is 0 Å². The Kier molecular flexibility index (Phi) is 2.88. The van der Waals surface area contributed by atoms with Gasteiger partial charge in [0.1, 0.15) is 0 Å².